The lowest BCUT2D eigenvalue weighted by Crippen LogP contribution is -2.13. The summed E-state index contributed by atoms with van der Waals surface area (Å²) in [5.74, 6) is 1.21. The Labute approximate surface area is 125 Å². The number of fused-ring (bicyclic) bond motifs is 1. The van der Waals surface area contributed by atoms with Crippen LogP contribution in [-0.4, -0.2) is 9.97 Å². The van der Waals surface area contributed by atoms with Crippen LogP contribution < -0.4 is 16.0 Å². The summed E-state index contributed by atoms with van der Waals surface area (Å²) in [6.07, 6.45) is 0. The predicted molar refractivity (Wildman–Crippen MR) is 83.6 cm³/mol. The normalized spacial score (nSPS) is 12.5. The minimum Gasteiger partial charge on any atom is -0.485 e. The minimum atomic E-state index is -0.130. The molecule has 2 heterocycles. The molecule has 0 amide bonds. The fourth-order valence-electron chi connectivity index (χ4n) is 2.12. The lowest BCUT2D eigenvalue weighted by Gasteiger charge is -2.13. The molecule has 0 unspecified atom stereocenters. The number of ether oxygens (including phenoxy) is 1. The number of hydrogen-bond donors (Lipinski definition) is 2. The first-order valence-electron chi connectivity index (χ1n) is 6.59. The number of para-hydroxylation sites is 1. The average molecular weight is 301 g/mol. The van der Waals surface area contributed by atoms with Crippen molar-refractivity contribution in [3.05, 3.63) is 57.5 Å². The molecule has 0 bridgehead atoms. The first-order valence-corrected chi connectivity index (χ1v) is 7.47. The Morgan fingerprint density at radius 3 is 3.00 bits per heavy atom. The number of H-pyrrole nitrogens is 1. The number of rotatable bonds is 4. The quantitative estimate of drug-likeness (QED) is 0.776. The van der Waals surface area contributed by atoms with Crippen molar-refractivity contribution < 1.29 is 4.74 Å². The van der Waals surface area contributed by atoms with Crippen LogP contribution in [0, 0.1) is 0 Å². The van der Waals surface area contributed by atoms with Gasteiger partial charge < -0.3 is 15.5 Å². The third-order valence-electron chi connectivity index (χ3n) is 3.14. The molecule has 6 heteroatoms. The molecule has 3 N–H and O–H groups in total. The zero-order chi connectivity index (χ0) is 14.8. The van der Waals surface area contributed by atoms with Gasteiger partial charge in [-0.15, -0.1) is 11.3 Å². The molecule has 108 valence electrons. The molecule has 1 aromatic carbocycles. The van der Waals surface area contributed by atoms with Gasteiger partial charge in [0.25, 0.3) is 5.56 Å². The van der Waals surface area contributed by atoms with Gasteiger partial charge >= 0.3 is 0 Å². The maximum atomic E-state index is 11.9. The van der Waals surface area contributed by atoms with Gasteiger partial charge in [-0.3, -0.25) is 4.79 Å². The van der Waals surface area contributed by atoms with Crippen LogP contribution in [0.3, 0.4) is 0 Å². The number of benzene rings is 1. The zero-order valence-electron chi connectivity index (χ0n) is 11.5. The van der Waals surface area contributed by atoms with Crippen LogP contribution in [0.4, 0.5) is 0 Å². The van der Waals surface area contributed by atoms with Gasteiger partial charge in [0, 0.05) is 11.6 Å². The van der Waals surface area contributed by atoms with Gasteiger partial charge in [-0.05, 0) is 24.4 Å². The van der Waals surface area contributed by atoms with Crippen LogP contribution in [-0.2, 0) is 6.61 Å². The number of nitrogens with one attached hydrogen (secondary N) is 1. The molecule has 3 aromatic rings. The molecule has 0 saturated heterocycles. The van der Waals surface area contributed by atoms with Crippen molar-refractivity contribution in [3.8, 4) is 5.75 Å². The fraction of sp³-hybridized carbons (Fsp3) is 0.200. The minimum absolute atomic E-state index is 0.118. The first-order chi connectivity index (χ1) is 10.1. The third kappa shape index (κ3) is 2.81. The molecule has 21 heavy (non-hydrogen) atoms. The van der Waals surface area contributed by atoms with E-state index in [0.717, 1.165) is 5.56 Å². The highest BCUT2D eigenvalue weighted by molar-refractivity contribution is 7.17. The van der Waals surface area contributed by atoms with Gasteiger partial charge in [0.1, 0.15) is 22.9 Å². The Hall–Kier alpha value is -2.18. The lowest BCUT2D eigenvalue weighted by molar-refractivity contribution is 0.291. The van der Waals surface area contributed by atoms with E-state index >= 15 is 0 Å². The first kappa shape index (κ1) is 13.8. The number of aromatic amines is 1. The molecule has 1 atom stereocenters. The molecule has 3 rings (SSSR count). The topological polar surface area (TPSA) is 81.0 Å². The Morgan fingerprint density at radius 2 is 2.19 bits per heavy atom. The second-order valence-electron chi connectivity index (χ2n) is 4.76. The Bertz CT molecular complexity index is 823. The van der Waals surface area contributed by atoms with E-state index in [9.17, 15) is 4.79 Å². The molecule has 0 aliphatic rings. The molecule has 0 aliphatic carbocycles. The van der Waals surface area contributed by atoms with Crippen molar-refractivity contribution in [3.63, 3.8) is 0 Å². The van der Waals surface area contributed by atoms with Crippen molar-refractivity contribution in [1.29, 1.82) is 0 Å². The standard InChI is InChI=1S/C15H15N3O2S/c1-9(16)10-4-2-3-5-12(10)20-8-13-17-11-6-7-21-14(11)15(19)18-13/h2-7,9H,8,16H2,1H3,(H,17,18,19)/t9-/m1/s1. The highest BCUT2D eigenvalue weighted by Crippen LogP contribution is 2.24. The molecular weight excluding hydrogens is 286 g/mol. The SMILES string of the molecule is C[C@@H](N)c1ccccc1OCc1nc2ccsc2c(=O)[nH]1. The van der Waals surface area contributed by atoms with E-state index < -0.39 is 0 Å². The highest BCUT2D eigenvalue weighted by Gasteiger charge is 2.09. The Balaban J connectivity index is 1.85. The van der Waals surface area contributed by atoms with Gasteiger partial charge in [0.15, 0.2) is 0 Å². The summed E-state index contributed by atoms with van der Waals surface area (Å²) in [5, 5.41) is 1.85. The molecule has 5 nitrogen and oxygen atoms in total. The van der Waals surface area contributed by atoms with E-state index in [4.69, 9.17) is 10.5 Å². The summed E-state index contributed by atoms with van der Waals surface area (Å²) in [6, 6.07) is 9.31. The van der Waals surface area contributed by atoms with Crippen molar-refractivity contribution in [1.82, 2.24) is 9.97 Å². The molecule has 0 spiro atoms. The van der Waals surface area contributed by atoms with E-state index in [1.807, 2.05) is 42.6 Å². The maximum Gasteiger partial charge on any atom is 0.268 e. The summed E-state index contributed by atoms with van der Waals surface area (Å²) in [5.41, 5.74) is 7.41. The summed E-state index contributed by atoms with van der Waals surface area (Å²) in [4.78, 5) is 19.0. The molecule has 2 aromatic heterocycles. The van der Waals surface area contributed by atoms with Gasteiger partial charge in [-0.25, -0.2) is 4.98 Å². The van der Waals surface area contributed by atoms with Crippen molar-refractivity contribution in [2.75, 3.05) is 0 Å². The molecule has 0 aliphatic heterocycles. The molecule has 0 fully saturated rings. The number of hydrogen-bond acceptors (Lipinski definition) is 5. The second-order valence-corrected chi connectivity index (χ2v) is 5.68. The summed E-state index contributed by atoms with van der Waals surface area (Å²) >= 11 is 1.38. The van der Waals surface area contributed by atoms with Crippen LogP contribution in [0.25, 0.3) is 10.2 Å². The number of nitrogens with zero attached hydrogens (tertiary/aromatic N) is 1. The highest BCUT2D eigenvalue weighted by atomic mass is 32.1. The smallest absolute Gasteiger partial charge is 0.268 e. The van der Waals surface area contributed by atoms with Crippen LogP contribution in [0.15, 0.2) is 40.5 Å². The fourth-order valence-corrected chi connectivity index (χ4v) is 2.85. The van der Waals surface area contributed by atoms with Crippen LogP contribution >= 0.6 is 11.3 Å². The van der Waals surface area contributed by atoms with Crippen molar-refractivity contribution in [2.24, 2.45) is 5.73 Å². The second kappa shape index (κ2) is 5.67. The van der Waals surface area contributed by atoms with Gasteiger partial charge in [-0.1, -0.05) is 18.2 Å². The zero-order valence-corrected chi connectivity index (χ0v) is 12.3. The lowest BCUT2D eigenvalue weighted by atomic mass is 10.1. The van der Waals surface area contributed by atoms with Crippen molar-refractivity contribution in [2.45, 2.75) is 19.6 Å². The molecule has 0 radical (unpaired) electrons. The van der Waals surface area contributed by atoms with Crippen LogP contribution in [0.1, 0.15) is 24.4 Å². The Kier molecular flexibility index (Phi) is 3.72. The summed E-state index contributed by atoms with van der Waals surface area (Å²) in [7, 11) is 0. The number of nitrogens with two attached hydrogens (primary N) is 1. The van der Waals surface area contributed by atoms with Crippen molar-refractivity contribution >= 4 is 21.6 Å². The summed E-state index contributed by atoms with van der Waals surface area (Å²) < 4.78 is 6.39. The van der Waals surface area contributed by atoms with E-state index in [1.165, 1.54) is 11.3 Å². The molecule has 0 saturated carbocycles. The van der Waals surface area contributed by atoms with Crippen LogP contribution in [0.2, 0.25) is 0 Å². The van der Waals surface area contributed by atoms with Gasteiger partial charge in [0.2, 0.25) is 0 Å². The maximum absolute atomic E-state index is 11.9. The van der Waals surface area contributed by atoms with E-state index in [-0.39, 0.29) is 18.2 Å². The Morgan fingerprint density at radius 1 is 1.38 bits per heavy atom. The number of aromatic nitrogens is 2. The summed E-state index contributed by atoms with van der Waals surface area (Å²) in [6.45, 7) is 2.10. The van der Waals surface area contributed by atoms with E-state index in [1.54, 1.807) is 0 Å². The number of thiophene rings is 1. The van der Waals surface area contributed by atoms with Crippen LogP contribution in [0.5, 0.6) is 5.75 Å². The molecular formula is C15H15N3O2S. The average Bonchev–Trinajstić information content (AvgIpc) is 2.94. The van der Waals surface area contributed by atoms with Gasteiger partial charge in [-0.2, -0.15) is 0 Å². The third-order valence-corrected chi connectivity index (χ3v) is 4.04. The van der Waals surface area contributed by atoms with Gasteiger partial charge in [0.05, 0.1) is 5.52 Å². The monoisotopic (exact) mass is 301 g/mol. The van der Waals surface area contributed by atoms with E-state index in [2.05, 4.69) is 9.97 Å². The van der Waals surface area contributed by atoms with E-state index in [0.29, 0.717) is 21.8 Å². The largest absolute Gasteiger partial charge is 0.485 e. The predicted octanol–water partition coefficient (Wildman–Crippen LogP) is 2.58.